The number of nitrogens with two attached hydrogens (primary N) is 1. The number of hydrogen-bond donors (Lipinski definition) is 2. The van der Waals surface area contributed by atoms with Crippen molar-refractivity contribution < 1.29 is 0 Å². The summed E-state index contributed by atoms with van der Waals surface area (Å²) in [5, 5.41) is 7.41. The Balaban J connectivity index is 2.36. The van der Waals surface area contributed by atoms with Gasteiger partial charge in [0.05, 0.1) is 11.3 Å². The fraction of sp³-hybridized carbons (Fsp3) is 0.182. The van der Waals surface area contributed by atoms with Crippen molar-refractivity contribution in [3.8, 4) is 0 Å². The third-order valence-corrected chi connectivity index (χ3v) is 2.54. The van der Waals surface area contributed by atoms with Gasteiger partial charge in [0.15, 0.2) is 0 Å². The van der Waals surface area contributed by atoms with Crippen molar-refractivity contribution in [3.63, 3.8) is 0 Å². The molecule has 5 nitrogen and oxygen atoms in total. The summed E-state index contributed by atoms with van der Waals surface area (Å²) >= 11 is 4.98. The molecule has 0 aromatic carbocycles. The molecule has 2 heterocycles. The Hall–Kier alpha value is -1.95. The molecule has 0 fully saturated rings. The quantitative estimate of drug-likeness (QED) is 0.804. The van der Waals surface area contributed by atoms with E-state index in [0.717, 1.165) is 17.1 Å². The van der Waals surface area contributed by atoms with Gasteiger partial charge in [-0.05, 0) is 19.1 Å². The minimum Gasteiger partial charge on any atom is -0.389 e. The third-order valence-electron chi connectivity index (χ3n) is 2.32. The molecule has 0 spiro atoms. The van der Waals surface area contributed by atoms with Gasteiger partial charge in [-0.3, -0.25) is 4.68 Å². The maximum Gasteiger partial charge on any atom is 0.141 e. The highest BCUT2D eigenvalue weighted by Crippen LogP contribution is 2.18. The zero-order chi connectivity index (χ0) is 12.4. The summed E-state index contributed by atoms with van der Waals surface area (Å²) < 4.78 is 1.74. The second-order valence-electron chi connectivity index (χ2n) is 3.68. The monoisotopic (exact) mass is 247 g/mol. The van der Waals surface area contributed by atoms with Crippen molar-refractivity contribution in [3.05, 3.63) is 35.7 Å². The molecule has 6 heteroatoms. The summed E-state index contributed by atoms with van der Waals surface area (Å²) in [6.07, 6.45) is 1.69. The molecule has 0 atom stereocenters. The highest BCUT2D eigenvalue weighted by atomic mass is 32.1. The van der Waals surface area contributed by atoms with Gasteiger partial charge in [0.1, 0.15) is 16.6 Å². The van der Waals surface area contributed by atoms with Crippen LogP contribution in [0.1, 0.15) is 11.3 Å². The maximum absolute atomic E-state index is 5.64. The fourth-order valence-corrected chi connectivity index (χ4v) is 1.72. The largest absolute Gasteiger partial charge is 0.389 e. The van der Waals surface area contributed by atoms with Crippen molar-refractivity contribution in [2.24, 2.45) is 12.8 Å². The van der Waals surface area contributed by atoms with Crippen molar-refractivity contribution in [2.75, 3.05) is 5.32 Å². The molecule has 0 bridgehead atoms. The SMILES string of the molecule is Cc1cc(Nc2ncccc2C(N)=S)n(C)n1. The standard InChI is InChI=1S/C11H13N5S/c1-7-6-9(16(2)15-7)14-11-8(10(12)17)4-3-5-13-11/h3-6H,1-2H3,(H2,12,17)(H,13,14). The Kier molecular flexibility index (Phi) is 3.06. The molecular formula is C11H13N5S. The zero-order valence-electron chi connectivity index (χ0n) is 9.64. The topological polar surface area (TPSA) is 68.8 Å². The zero-order valence-corrected chi connectivity index (χ0v) is 10.5. The second kappa shape index (κ2) is 4.50. The molecule has 88 valence electrons. The van der Waals surface area contributed by atoms with E-state index in [2.05, 4.69) is 15.4 Å². The summed E-state index contributed by atoms with van der Waals surface area (Å²) in [7, 11) is 1.86. The van der Waals surface area contributed by atoms with Gasteiger partial charge < -0.3 is 11.1 Å². The van der Waals surface area contributed by atoms with E-state index in [-0.39, 0.29) is 0 Å². The predicted molar refractivity (Wildman–Crippen MR) is 71.4 cm³/mol. The third kappa shape index (κ3) is 2.42. The molecular weight excluding hydrogens is 234 g/mol. The van der Waals surface area contributed by atoms with E-state index in [4.69, 9.17) is 18.0 Å². The Morgan fingerprint density at radius 2 is 2.29 bits per heavy atom. The first-order valence-electron chi connectivity index (χ1n) is 5.10. The Labute approximate surface area is 105 Å². The van der Waals surface area contributed by atoms with Crippen LogP contribution in [-0.4, -0.2) is 19.8 Å². The Bertz CT molecular complexity index is 561. The van der Waals surface area contributed by atoms with E-state index < -0.39 is 0 Å². The van der Waals surface area contributed by atoms with Crippen LogP contribution < -0.4 is 11.1 Å². The van der Waals surface area contributed by atoms with Crippen LogP contribution >= 0.6 is 12.2 Å². The minimum absolute atomic E-state index is 0.319. The van der Waals surface area contributed by atoms with Crippen LogP contribution in [0, 0.1) is 6.92 Å². The highest BCUT2D eigenvalue weighted by Gasteiger charge is 2.08. The Morgan fingerprint density at radius 1 is 1.53 bits per heavy atom. The molecule has 0 aliphatic rings. The van der Waals surface area contributed by atoms with Gasteiger partial charge in [0.25, 0.3) is 0 Å². The first-order valence-corrected chi connectivity index (χ1v) is 5.51. The van der Waals surface area contributed by atoms with Gasteiger partial charge in [-0.2, -0.15) is 5.10 Å². The summed E-state index contributed by atoms with van der Waals surface area (Å²) in [5.74, 6) is 1.49. The summed E-state index contributed by atoms with van der Waals surface area (Å²) in [6.45, 7) is 1.93. The van der Waals surface area contributed by atoms with E-state index in [0.29, 0.717) is 10.8 Å². The van der Waals surface area contributed by atoms with E-state index in [9.17, 15) is 0 Å². The van der Waals surface area contributed by atoms with Crippen molar-refractivity contribution in [1.82, 2.24) is 14.8 Å². The first kappa shape index (κ1) is 11.5. The summed E-state index contributed by atoms with van der Waals surface area (Å²) in [4.78, 5) is 4.54. The van der Waals surface area contributed by atoms with E-state index in [1.54, 1.807) is 16.9 Å². The van der Waals surface area contributed by atoms with Crippen LogP contribution in [0.15, 0.2) is 24.4 Å². The van der Waals surface area contributed by atoms with Crippen LogP contribution in [0.2, 0.25) is 0 Å². The second-order valence-corrected chi connectivity index (χ2v) is 4.12. The van der Waals surface area contributed by atoms with E-state index in [1.807, 2.05) is 26.1 Å². The fourth-order valence-electron chi connectivity index (χ4n) is 1.55. The molecule has 2 aromatic heterocycles. The van der Waals surface area contributed by atoms with E-state index in [1.165, 1.54) is 0 Å². The number of pyridine rings is 1. The summed E-state index contributed by atoms with van der Waals surface area (Å²) in [6, 6.07) is 5.56. The molecule has 3 N–H and O–H groups in total. The lowest BCUT2D eigenvalue weighted by atomic mass is 10.2. The number of nitrogens with zero attached hydrogens (tertiary/aromatic N) is 3. The molecule has 0 radical (unpaired) electrons. The molecule has 0 saturated carbocycles. The molecule has 0 saturated heterocycles. The smallest absolute Gasteiger partial charge is 0.141 e. The molecule has 17 heavy (non-hydrogen) atoms. The number of thiocarbonyl (C=S) groups is 1. The van der Waals surface area contributed by atoms with Gasteiger partial charge >= 0.3 is 0 Å². The number of nitrogens with one attached hydrogen (secondary N) is 1. The van der Waals surface area contributed by atoms with Crippen LogP contribution in [-0.2, 0) is 7.05 Å². The van der Waals surface area contributed by atoms with Gasteiger partial charge in [-0.1, -0.05) is 12.2 Å². The molecule has 0 unspecified atom stereocenters. The van der Waals surface area contributed by atoms with Gasteiger partial charge in [0.2, 0.25) is 0 Å². The van der Waals surface area contributed by atoms with Gasteiger partial charge in [-0.25, -0.2) is 4.98 Å². The number of rotatable bonds is 3. The lowest BCUT2D eigenvalue weighted by Crippen LogP contribution is -2.13. The first-order chi connectivity index (χ1) is 8.08. The lowest BCUT2D eigenvalue weighted by Gasteiger charge is -2.09. The molecule has 0 aliphatic heterocycles. The maximum atomic E-state index is 5.64. The van der Waals surface area contributed by atoms with Crippen molar-refractivity contribution >= 4 is 28.8 Å². The number of aryl methyl sites for hydroxylation is 2. The minimum atomic E-state index is 0.319. The molecule has 0 amide bonds. The predicted octanol–water partition coefficient (Wildman–Crippen LogP) is 1.50. The molecule has 0 aliphatic carbocycles. The molecule has 2 aromatic rings. The van der Waals surface area contributed by atoms with Gasteiger partial charge in [0, 0.05) is 19.3 Å². The Morgan fingerprint density at radius 3 is 2.88 bits per heavy atom. The van der Waals surface area contributed by atoms with Crippen molar-refractivity contribution in [1.29, 1.82) is 0 Å². The van der Waals surface area contributed by atoms with Crippen LogP contribution in [0.25, 0.3) is 0 Å². The number of aromatic nitrogens is 3. The highest BCUT2D eigenvalue weighted by molar-refractivity contribution is 7.80. The van der Waals surface area contributed by atoms with Crippen LogP contribution in [0.3, 0.4) is 0 Å². The van der Waals surface area contributed by atoms with Crippen molar-refractivity contribution in [2.45, 2.75) is 6.92 Å². The van der Waals surface area contributed by atoms with Crippen LogP contribution in [0.5, 0.6) is 0 Å². The number of hydrogen-bond acceptors (Lipinski definition) is 4. The average Bonchev–Trinajstić information content (AvgIpc) is 2.58. The van der Waals surface area contributed by atoms with Gasteiger partial charge in [-0.15, -0.1) is 0 Å². The lowest BCUT2D eigenvalue weighted by molar-refractivity contribution is 0.764. The van der Waals surface area contributed by atoms with Crippen LogP contribution in [0.4, 0.5) is 11.6 Å². The normalized spacial score (nSPS) is 10.2. The average molecular weight is 247 g/mol. The molecule has 2 rings (SSSR count). The van der Waals surface area contributed by atoms with E-state index >= 15 is 0 Å². The summed E-state index contributed by atoms with van der Waals surface area (Å²) in [5.41, 5.74) is 7.30. The number of anilines is 2.